The maximum absolute atomic E-state index is 12.9. The second-order valence-corrected chi connectivity index (χ2v) is 4.25. The maximum atomic E-state index is 12.9. The van der Waals surface area contributed by atoms with Gasteiger partial charge in [0.15, 0.2) is 5.65 Å². The molecule has 0 unspecified atom stereocenters. The predicted octanol–water partition coefficient (Wildman–Crippen LogP) is 2.89. The summed E-state index contributed by atoms with van der Waals surface area (Å²) in [5, 5.41) is 7.73. The molecular weight excluding hydrogens is 269 g/mol. The van der Waals surface area contributed by atoms with Crippen LogP contribution in [0.1, 0.15) is 11.1 Å². The quantitative estimate of drug-likeness (QED) is 0.724. The summed E-state index contributed by atoms with van der Waals surface area (Å²) >= 11 is 0. The monoisotopic (exact) mass is 278 g/mol. The van der Waals surface area contributed by atoms with E-state index in [-0.39, 0.29) is 12.1 Å². The Kier molecular flexibility index (Phi) is 2.89. The lowest BCUT2D eigenvalue weighted by molar-refractivity contribution is -0.138. The highest BCUT2D eigenvalue weighted by Crippen LogP contribution is 2.32. The molecule has 7 heteroatoms. The summed E-state index contributed by atoms with van der Waals surface area (Å²) < 4.78 is 40.2. The Morgan fingerprint density at radius 3 is 2.65 bits per heavy atom. The van der Waals surface area contributed by atoms with Crippen molar-refractivity contribution in [3.63, 3.8) is 0 Å². The summed E-state index contributed by atoms with van der Waals surface area (Å²) in [5.41, 5.74) is 0.485. The van der Waals surface area contributed by atoms with E-state index >= 15 is 0 Å². The Morgan fingerprint density at radius 1 is 1.05 bits per heavy atom. The van der Waals surface area contributed by atoms with E-state index in [0.29, 0.717) is 11.2 Å². The second-order valence-electron chi connectivity index (χ2n) is 4.25. The number of hydrogen-bond acceptors (Lipinski definition) is 3. The highest BCUT2D eigenvalue weighted by atomic mass is 19.4. The molecule has 0 aliphatic heterocycles. The lowest BCUT2D eigenvalue weighted by Gasteiger charge is -2.12. The summed E-state index contributed by atoms with van der Waals surface area (Å²) in [5.74, 6) is 0. The van der Waals surface area contributed by atoms with Gasteiger partial charge in [-0.1, -0.05) is 23.4 Å². The van der Waals surface area contributed by atoms with Crippen LogP contribution >= 0.6 is 0 Å². The number of alkyl halides is 3. The van der Waals surface area contributed by atoms with Crippen molar-refractivity contribution in [2.75, 3.05) is 0 Å². The lowest BCUT2D eigenvalue weighted by atomic mass is 10.1. The van der Waals surface area contributed by atoms with Gasteiger partial charge in [0.2, 0.25) is 0 Å². The van der Waals surface area contributed by atoms with Gasteiger partial charge >= 0.3 is 6.18 Å². The molecule has 0 radical (unpaired) electrons. The molecule has 0 saturated carbocycles. The second kappa shape index (κ2) is 4.59. The number of rotatable bonds is 2. The standard InChI is InChI=1S/C13H9F3N4/c14-13(15,16)10-5-2-1-4-9(10)8-20-12-11(18-19-20)6-3-7-17-12/h1-7H,8H2. The van der Waals surface area contributed by atoms with Gasteiger partial charge in [-0.15, -0.1) is 5.10 Å². The largest absolute Gasteiger partial charge is 0.416 e. The van der Waals surface area contributed by atoms with Crippen LogP contribution in [0.5, 0.6) is 0 Å². The van der Waals surface area contributed by atoms with E-state index in [1.807, 2.05) is 0 Å². The van der Waals surface area contributed by atoms with Crippen LogP contribution in [0.25, 0.3) is 11.2 Å². The van der Waals surface area contributed by atoms with E-state index in [1.54, 1.807) is 24.4 Å². The summed E-state index contributed by atoms with van der Waals surface area (Å²) in [6.07, 6.45) is -2.84. The number of benzene rings is 1. The first kappa shape index (κ1) is 12.6. The molecule has 0 atom stereocenters. The van der Waals surface area contributed by atoms with Crippen molar-refractivity contribution in [3.05, 3.63) is 53.7 Å². The number of aromatic nitrogens is 4. The Morgan fingerprint density at radius 2 is 1.85 bits per heavy atom. The van der Waals surface area contributed by atoms with Gasteiger partial charge in [-0.2, -0.15) is 13.2 Å². The van der Waals surface area contributed by atoms with Crippen LogP contribution in [0.4, 0.5) is 13.2 Å². The van der Waals surface area contributed by atoms with Gasteiger partial charge < -0.3 is 0 Å². The fourth-order valence-electron chi connectivity index (χ4n) is 2.01. The molecule has 0 spiro atoms. The molecule has 20 heavy (non-hydrogen) atoms. The predicted molar refractivity (Wildman–Crippen MR) is 65.9 cm³/mol. The molecule has 2 heterocycles. The summed E-state index contributed by atoms with van der Waals surface area (Å²) in [6.45, 7) is -0.0246. The zero-order valence-electron chi connectivity index (χ0n) is 10.2. The van der Waals surface area contributed by atoms with Gasteiger partial charge in [0, 0.05) is 6.20 Å². The third-order valence-electron chi connectivity index (χ3n) is 2.91. The van der Waals surface area contributed by atoms with Crippen LogP contribution in [0.3, 0.4) is 0 Å². The van der Waals surface area contributed by atoms with E-state index in [0.717, 1.165) is 6.07 Å². The molecule has 0 saturated heterocycles. The molecule has 4 nitrogen and oxygen atoms in total. The molecule has 0 fully saturated rings. The lowest BCUT2D eigenvalue weighted by Crippen LogP contribution is -2.12. The number of halogens is 3. The molecule has 1 aromatic carbocycles. The van der Waals surface area contributed by atoms with Gasteiger partial charge in [-0.3, -0.25) is 0 Å². The van der Waals surface area contributed by atoms with Crippen LogP contribution < -0.4 is 0 Å². The summed E-state index contributed by atoms with van der Waals surface area (Å²) in [4.78, 5) is 4.09. The number of fused-ring (bicyclic) bond motifs is 1. The first-order valence-corrected chi connectivity index (χ1v) is 5.85. The molecular formula is C13H9F3N4. The van der Waals surface area contributed by atoms with Crippen molar-refractivity contribution >= 4 is 11.2 Å². The third kappa shape index (κ3) is 2.22. The van der Waals surface area contributed by atoms with Gasteiger partial charge in [0.05, 0.1) is 12.1 Å². The van der Waals surface area contributed by atoms with Crippen LogP contribution in [0.15, 0.2) is 42.6 Å². The van der Waals surface area contributed by atoms with Crippen molar-refractivity contribution in [1.29, 1.82) is 0 Å². The minimum atomic E-state index is -4.39. The molecule has 0 bridgehead atoms. The molecule has 0 aliphatic rings. The van der Waals surface area contributed by atoms with Crippen LogP contribution in [0, 0.1) is 0 Å². The Labute approximate surface area is 111 Å². The molecule has 102 valence electrons. The maximum Gasteiger partial charge on any atom is 0.416 e. The highest BCUT2D eigenvalue weighted by Gasteiger charge is 2.33. The zero-order chi connectivity index (χ0) is 14.2. The average molecular weight is 278 g/mol. The highest BCUT2D eigenvalue weighted by molar-refractivity contribution is 5.68. The van der Waals surface area contributed by atoms with E-state index in [2.05, 4.69) is 15.3 Å². The van der Waals surface area contributed by atoms with Gasteiger partial charge in [0.1, 0.15) is 5.52 Å². The smallest absolute Gasteiger partial charge is 0.235 e. The van der Waals surface area contributed by atoms with E-state index in [1.165, 1.54) is 16.8 Å². The number of hydrogen-bond donors (Lipinski definition) is 0. The molecule has 0 amide bonds. The van der Waals surface area contributed by atoms with Crippen LogP contribution in [0.2, 0.25) is 0 Å². The molecule has 3 aromatic rings. The minimum Gasteiger partial charge on any atom is -0.235 e. The SMILES string of the molecule is FC(F)(F)c1ccccc1Cn1nnc2cccnc21. The summed E-state index contributed by atoms with van der Waals surface area (Å²) in [7, 11) is 0. The van der Waals surface area contributed by atoms with Crippen LogP contribution in [-0.2, 0) is 12.7 Å². The van der Waals surface area contributed by atoms with Crippen LogP contribution in [-0.4, -0.2) is 20.0 Å². The Bertz CT molecular complexity index is 748. The number of nitrogens with zero attached hydrogens (tertiary/aromatic N) is 4. The average Bonchev–Trinajstić information content (AvgIpc) is 2.82. The van der Waals surface area contributed by atoms with Gasteiger partial charge in [-0.05, 0) is 23.8 Å². The van der Waals surface area contributed by atoms with Crippen molar-refractivity contribution < 1.29 is 13.2 Å². The number of pyridine rings is 1. The fourth-order valence-corrected chi connectivity index (χ4v) is 2.01. The Hall–Kier alpha value is -2.44. The van der Waals surface area contributed by atoms with E-state index in [4.69, 9.17) is 0 Å². The topological polar surface area (TPSA) is 43.6 Å². The molecule has 0 aliphatic carbocycles. The van der Waals surface area contributed by atoms with E-state index in [9.17, 15) is 13.2 Å². The molecule has 2 aromatic heterocycles. The minimum absolute atomic E-state index is 0.0246. The van der Waals surface area contributed by atoms with Gasteiger partial charge in [-0.25, -0.2) is 9.67 Å². The fraction of sp³-hybridized carbons (Fsp3) is 0.154. The van der Waals surface area contributed by atoms with Gasteiger partial charge in [0.25, 0.3) is 0 Å². The van der Waals surface area contributed by atoms with Crippen molar-refractivity contribution in [1.82, 2.24) is 20.0 Å². The first-order chi connectivity index (χ1) is 9.55. The third-order valence-corrected chi connectivity index (χ3v) is 2.91. The first-order valence-electron chi connectivity index (χ1n) is 5.85. The summed E-state index contributed by atoms with van der Waals surface area (Å²) in [6, 6.07) is 8.83. The van der Waals surface area contributed by atoms with Crippen molar-refractivity contribution in [2.45, 2.75) is 12.7 Å². The zero-order valence-corrected chi connectivity index (χ0v) is 10.2. The van der Waals surface area contributed by atoms with Crippen molar-refractivity contribution in [2.24, 2.45) is 0 Å². The van der Waals surface area contributed by atoms with Crippen molar-refractivity contribution in [3.8, 4) is 0 Å². The normalized spacial score (nSPS) is 11.9. The molecule has 0 N–H and O–H groups in total. The van der Waals surface area contributed by atoms with E-state index < -0.39 is 11.7 Å². The molecule has 3 rings (SSSR count). The Balaban J connectivity index is 2.04.